The van der Waals surface area contributed by atoms with E-state index in [0.717, 1.165) is 29.0 Å². The van der Waals surface area contributed by atoms with Gasteiger partial charge in [-0.15, -0.1) is 11.3 Å². The van der Waals surface area contributed by atoms with Gasteiger partial charge < -0.3 is 20.5 Å². The second kappa shape index (κ2) is 12.7. The molecule has 2 atom stereocenters. The molecule has 174 valence electrons. The number of alkyl carbamates (subject to hydrolysis) is 1. The number of nitrogens with one attached hydrogen (secondary N) is 2. The molecule has 0 saturated carbocycles. The van der Waals surface area contributed by atoms with Crippen molar-refractivity contribution >= 4 is 29.0 Å². The molecule has 1 heterocycles. The van der Waals surface area contributed by atoms with Crippen molar-refractivity contribution in [1.82, 2.24) is 10.3 Å². The van der Waals surface area contributed by atoms with E-state index >= 15 is 0 Å². The number of anilines is 1. The highest BCUT2D eigenvalue weighted by Gasteiger charge is 2.16. The largest absolute Gasteiger partial charge is 0.447 e. The normalized spacial score (nSPS) is 12.5. The van der Waals surface area contributed by atoms with Gasteiger partial charge in [0.1, 0.15) is 6.61 Å². The molecular formula is C25H29N3O4S. The van der Waals surface area contributed by atoms with E-state index in [1.807, 2.05) is 42.5 Å². The first-order chi connectivity index (χ1) is 16.0. The van der Waals surface area contributed by atoms with E-state index in [1.165, 1.54) is 23.8 Å². The first-order valence-corrected chi connectivity index (χ1v) is 11.7. The topological polar surface area (TPSA) is 101 Å². The van der Waals surface area contributed by atoms with Crippen LogP contribution in [0.15, 0.2) is 66.3 Å². The predicted molar refractivity (Wildman–Crippen MR) is 129 cm³/mol. The second-order valence-corrected chi connectivity index (χ2v) is 8.81. The number of carbonyl (C=O) groups excluding carboxylic acids is 2. The number of aromatic nitrogens is 1. The van der Waals surface area contributed by atoms with Crippen LogP contribution in [0.25, 0.3) is 0 Å². The molecule has 0 saturated heterocycles. The first-order valence-electron chi connectivity index (χ1n) is 10.9. The van der Waals surface area contributed by atoms with E-state index in [0.29, 0.717) is 13.0 Å². The Morgan fingerprint density at radius 3 is 2.52 bits per heavy atom. The van der Waals surface area contributed by atoms with Crippen molar-refractivity contribution in [2.75, 3.05) is 11.9 Å². The van der Waals surface area contributed by atoms with E-state index in [4.69, 9.17) is 4.74 Å². The van der Waals surface area contributed by atoms with Gasteiger partial charge in [0.15, 0.2) is 0 Å². The number of hydrogen-bond acceptors (Lipinski definition) is 6. The summed E-state index contributed by atoms with van der Waals surface area (Å²) in [4.78, 5) is 28.0. The van der Waals surface area contributed by atoms with Crippen LogP contribution in [-0.2, 0) is 22.5 Å². The monoisotopic (exact) mass is 467 g/mol. The number of carbonyl (C=O) groups is 2. The summed E-state index contributed by atoms with van der Waals surface area (Å²) in [5, 5.41) is 15.8. The van der Waals surface area contributed by atoms with Crippen LogP contribution >= 0.6 is 11.3 Å². The third-order valence-electron chi connectivity index (χ3n) is 5.17. The van der Waals surface area contributed by atoms with Crippen LogP contribution in [0.2, 0.25) is 0 Å². The Morgan fingerprint density at radius 2 is 1.85 bits per heavy atom. The molecular weight excluding hydrogens is 438 g/mol. The SMILES string of the molecule is CC(=O)Nc1ccc(CC(CC[C@@H](O)COC(=O)NCc2cncs2)c2ccccc2)cc1. The Bertz CT molecular complexity index is 994. The maximum absolute atomic E-state index is 11.9. The molecule has 0 bridgehead atoms. The summed E-state index contributed by atoms with van der Waals surface area (Å²) in [5.41, 5.74) is 4.81. The highest BCUT2D eigenvalue weighted by atomic mass is 32.1. The molecule has 0 aliphatic carbocycles. The van der Waals surface area contributed by atoms with Gasteiger partial charge in [0, 0.05) is 23.7 Å². The summed E-state index contributed by atoms with van der Waals surface area (Å²) in [5.74, 6) is 0.103. The van der Waals surface area contributed by atoms with Gasteiger partial charge in [0.2, 0.25) is 5.91 Å². The second-order valence-electron chi connectivity index (χ2n) is 7.84. The number of amides is 2. The van der Waals surface area contributed by atoms with Gasteiger partial charge >= 0.3 is 6.09 Å². The van der Waals surface area contributed by atoms with Crippen LogP contribution in [0.3, 0.4) is 0 Å². The van der Waals surface area contributed by atoms with E-state index in [-0.39, 0.29) is 18.4 Å². The molecule has 33 heavy (non-hydrogen) atoms. The number of hydrogen-bond donors (Lipinski definition) is 3. The molecule has 0 aliphatic rings. The number of benzene rings is 2. The average molecular weight is 468 g/mol. The van der Waals surface area contributed by atoms with Crippen LogP contribution in [-0.4, -0.2) is 34.8 Å². The van der Waals surface area contributed by atoms with Crippen LogP contribution < -0.4 is 10.6 Å². The van der Waals surface area contributed by atoms with Crippen molar-refractivity contribution in [3.8, 4) is 0 Å². The smallest absolute Gasteiger partial charge is 0.407 e. The first kappa shape index (κ1) is 24.4. The molecule has 0 spiro atoms. The molecule has 8 heteroatoms. The molecule has 7 nitrogen and oxygen atoms in total. The fourth-order valence-corrected chi connectivity index (χ4v) is 4.05. The molecule has 1 unspecified atom stereocenters. The molecule has 1 aromatic heterocycles. The fraction of sp³-hybridized carbons (Fsp3) is 0.320. The lowest BCUT2D eigenvalue weighted by Gasteiger charge is -2.20. The highest BCUT2D eigenvalue weighted by Crippen LogP contribution is 2.27. The zero-order chi connectivity index (χ0) is 23.5. The Kier molecular flexibility index (Phi) is 9.41. The number of ether oxygens (including phenoxy) is 1. The molecule has 3 rings (SSSR count). The summed E-state index contributed by atoms with van der Waals surface area (Å²) in [6.07, 6.45) is 2.44. The van der Waals surface area contributed by atoms with Crippen molar-refractivity contribution in [3.63, 3.8) is 0 Å². The molecule has 0 radical (unpaired) electrons. The molecule has 2 amide bonds. The number of aliphatic hydroxyl groups is 1. The van der Waals surface area contributed by atoms with Crippen molar-refractivity contribution in [2.45, 2.75) is 44.8 Å². The molecule has 2 aromatic carbocycles. The number of rotatable bonds is 11. The predicted octanol–water partition coefficient (Wildman–Crippen LogP) is 4.50. The zero-order valence-electron chi connectivity index (χ0n) is 18.6. The van der Waals surface area contributed by atoms with Crippen molar-refractivity contribution in [2.24, 2.45) is 0 Å². The van der Waals surface area contributed by atoms with Gasteiger partial charge in [-0.05, 0) is 48.4 Å². The lowest BCUT2D eigenvalue weighted by atomic mass is 9.87. The maximum atomic E-state index is 11.9. The van der Waals surface area contributed by atoms with Crippen LogP contribution in [0.4, 0.5) is 10.5 Å². The maximum Gasteiger partial charge on any atom is 0.407 e. The van der Waals surface area contributed by atoms with Gasteiger partial charge in [0.05, 0.1) is 18.2 Å². The number of aliphatic hydroxyl groups excluding tert-OH is 1. The van der Waals surface area contributed by atoms with Crippen molar-refractivity contribution in [3.05, 3.63) is 82.3 Å². The highest BCUT2D eigenvalue weighted by molar-refractivity contribution is 7.09. The van der Waals surface area contributed by atoms with E-state index in [1.54, 1.807) is 11.7 Å². The number of thiazole rings is 1. The van der Waals surface area contributed by atoms with Crippen LogP contribution in [0, 0.1) is 0 Å². The quantitative estimate of drug-likeness (QED) is 0.386. The van der Waals surface area contributed by atoms with Gasteiger partial charge in [-0.2, -0.15) is 0 Å². The lowest BCUT2D eigenvalue weighted by Crippen LogP contribution is -2.27. The third kappa shape index (κ3) is 8.67. The minimum atomic E-state index is -0.743. The zero-order valence-corrected chi connectivity index (χ0v) is 19.4. The summed E-state index contributed by atoms with van der Waals surface area (Å²) < 4.78 is 5.15. The molecule has 3 N–H and O–H groups in total. The summed E-state index contributed by atoms with van der Waals surface area (Å²) in [7, 11) is 0. The fourth-order valence-electron chi connectivity index (χ4n) is 3.51. The van der Waals surface area contributed by atoms with E-state index in [9.17, 15) is 14.7 Å². The Morgan fingerprint density at radius 1 is 1.09 bits per heavy atom. The van der Waals surface area contributed by atoms with Crippen molar-refractivity contribution in [1.29, 1.82) is 0 Å². The summed E-state index contributed by atoms with van der Waals surface area (Å²) in [6, 6.07) is 18.0. The van der Waals surface area contributed by atoms with Gasteiger partial charge in [-0.1, -0.05) is 42.5 Å². The third-order valence-corrected chi connectivity index (χ3v) is 5.95. The van der Waals surface area contributed by atoms with Crippen molar-refractivity contribution < 1.29 is 19.4 Å². The average Bonchev–Trinajstić information content (AvgIpc) is 3.34. The minimum absolute atomic E-state index is 0.0541. The van der Waals surface area contributed by atoms with E-state index in [2.05, 4.69) is 27.8 Å². The van der Waals surface area contributed by atoms with Crippen LogP contribution in [0.1, 0.15) is 41.7 Å². The standard InChI is InChI=1S/C25H29N3O4S/c1-18(29)28-22-10-7-19(8-11-22)13-21(20-5-3-2-4-6-20)9-12-23(30)16-32-25(31)27-15-24-14-26-17-33-24/h2-8,10-11,14,17,21,23,30H,9,12-13,15-16H2,1H3,(H,27,31)(H,28,29)/t21?,23-/m1/s1. The Labute approximate surface area is 197 Å². The Balaban J connectivity index is 1.50. The lowest BCUT2D eigenvalue weighted by molar-refractivity contribution is -0.114. The molecule has 0 fully saturated rings. The summed E-state index contributed by atoms with van der Waals surface area (Å²) in [6.45, 7) is 1.79. The van der Waals surface area contributed by atoms with Crippen LogP contribution in [0.5, 0.6) is 0 Å². The van der Waals surface area contributed by atoms with Gasteiger partial charge in [-0.25, -0.2) is 4.79 Å². The minimum Gasteiger partial charge on any atom is -0.447 e. The molecule has 0 aliphatic heterocycles. The van der Waals surface area contributed by atoms with Gasteiger partial charge in [-0.3, -0.25) is 9.78 Å². The Hall–Kier alpha value is -3.23. The van der Waals surface area contributed by atoms with E-state index < -0.39 is 12.2 Å². The number of nitrogens with zero attached hydrogens (tertiary/aromatic N) is 1. The summed E-state index contributed by atoms with van der Waals surface area (Å²) >= 11 is 1.45. The van der Waals surface area contributed by atoms with Gasteiger partial charge in [0.25, 0.3) is 0 Å². The molecule has 3 aromatic rings.